The van der Waals surface area contributed by atoms with Crippen LogP contribution in [-0.2, 0) is 9.53 Å². The first-order valence-electron chi connectivity index (χ1n) is 11.2. The average molecular weight is 464 g/mol. The summed E-state index contributed by atoms with van der Waals surface area (Å²) in [6, 6.07) is 18.1. The van der Waals surface area contributed by atoms with Crippen LogP contribution in [0.3, 0.4) is 0 Å². The molecule has 1 fully saturated rings. The summed E-state index contributed by atoms with van der Waals surface area (Å²) in [6.07, 6.45) is 0. The third-order valence-corrected chi connectivity index (χ3v) is 6.70. The first kappa shape index (κ1) is 23.0. The molecule has 0 atom stereocenters. The van der Waals surface area contributed by atoms with Crippen LogP contribution in [0.5, 0.6) is 0 Å². The number of para-hydroxylation sites is 1. The molecule has 6 nitrogen and oxygen atoms in total. The van der Waals surface area contributed by atoms with Crippen molar-refractivity contribution in [3.05, 3.63) is 71.1 Å². The van der Waals surface area contributed by atoms with Gasteiger partial charge >= 0.3 is 5.97 Å². The lowest BCUT2D eigenvalue weighted by Gasteiger charge is -2.36. The second-order valence-corrected chi connectivity index (χ2v) is 8.92. The maximum absolute atomic E-state index is 12.9. The summed E-state index contributed by atoms with van der Waals surface area (Å²) in [5.41, 5.74) is 4.64. The van der Waals surface area contributed by atoms with Crippen molar-refractivity contribution in [2.45, 2.75) is 13.8 Å². The number of piperazine rings is 1. The van der Waals surface area contributed by atoms with E-state index in [4.69, 9.17) is 4.74 Å². The number of nitrogens with one attached hydrogen (secondary N) is 1. The molecule has 1 aliphatic heterocycles. The number of hydrogen-bond donors (Lipinski definition) is 1. The lowest BCUT2D eigenvalue weighted by Crippen LogP contribution is -2.48. The Hall–Kier alpha value is -3.16. The van der Waals surface area contributed by atoms with Gasteiger partial charge in [-0.15, -0.1) is 11.3 Å². The average Bonchev–Trinajstić information content (AvgIpc) is 3.24. The van der Waals surface area contributed by atoms with Gasteiger partial charge in [-0.1, -0.05) is 48.5 Å². The minimum absolute atomic E-state index is 0.119. The van der Waals surface area contributed by atoms with Gasteiger partial charge in [-0.2, -0.15) is 0 Å². The van der Waals surface area contributed by atoms with Gasteiger partial charge in [0.05, 0.1) is 13.2 Å². The Morgan fingerprint density at radius 3 is 2.39 bits per heavy atom. The quantitative estimate of drug-likeness (QED) is 0.517. The summed E-state index contributed by atoms with van der Waals surface area (Å²) in [6.45, 7) is 7.86. The van der Waals surface area contributed by atoms with Crippen molar-refractivity contribution >= 4 is 33.9 Å². The smallest absolute Gasteiger partial charge is 0.341 e. The van der Waals surface area contributed by atoms with E-state index in [1.165, 1.54) is 22.6 Å². The highest BCUT2D eigenvalue weighted by Gasteiger charge is 2.24. The van der Waals surface area contributed by atoms with E-state index in [0.29, 0.717) is 17.1 Å². The minimum atomic E-state index is -0.417. The van der Waals surface area contributed by atoms with Crippen LogP contribution in [0.2, 0.25) is 0 Å². The summed E-state index contributed by atoms with van der Waals surface area (Å²) >= 11 is 1.36. The fraction of sp³-hybridized carbons (Fsp3) is 0.308. The van der Waals surface area contributed by atoms with Crippen LogP contribution in [-0.4, -0.2) is 56.1 Å². The molecule has 3 aromatic rings. The van der Waals surface area contributed by atoms with E-state index >= 15 is 0 Å². The molecule has 4 rings (SSSR count). The number of esters is 1. The second kappa shape index (κ2) is 10.6. The number of carbonyl (C=O) groups is 2. The predicted octanol–water partition coefficient (Wildman–Crippen LogP) is 4.66. The number of anilines is 2. The van der Waals surface area contributed by atoms with Crippen LogP contribution in [0.1, 0.15) is 22.8 Å². The van der Waals surface area contributed by atoms with Crippen LogP contribution >= 0.6 is 11.3 Å². The van der Waals surface area contributed by atoms with Crippen LogP contribution in [0, 0.1) is 6.92 Å². The number of hydrogen-bond acceptors (Lipinski definition) is 6. The van der Waals surface area contributed by atoms with Gasteiger partial charge in [0.1, 0.15) is 10.6 Å². The van der Waals surface area contributed by atoms with Gasteiger partial charge in [-0.25, -0.2) is 4.79 Å². The Kier molecular flexibility index (Phi) is 7.42. The third kappa shape index (κ3) is 5.43. The molecule has 1 aromatic heterocycles. The van der Waals surface area contributed by atoms with Crippen LogP contribution in [0.15, 0.2) is 60.0 Å². The van der Waals surface area contributed by atoms with Crippen LogP contribution in [0.4, 0.5) is 10.7 Å². The molecule has 172 valence electrons. The normalized spacial score (nSPS) is 14.2. The zero-order chi connectivity index (χ0) is 23.2. The molecular formula is C26H29N3O3S. The fourth-order valence-corrected chi connectivity index (χ4v) is 5.09. The molecule has 1 aliphatic rings. The number of ether oxygens (including phenoxy) is 1. The molecule has 1 saturated heterocycles. The van der Waals surface area contributed by atoms with Gasteiger partial charge in [-0.3, -0.25) is 9.69 Å². The third-order valence-electron chi connectivity index (χ3n) is 5.80. The van der Waals surface area contributed by atoms with Crippen molar-refractivity contribution in [2.75, 3.05) is 49.5 Å². The van der Waals surface area contributed by atoms with E-state index in [1.807, 2.05) is 35.7 Å². The van der Waals surface area contributed by atoms with Gasteiger partial charge in [-0.05, 0) is 31.0 Å². The van der Waals surface area contributed by atoms with E-state index in [-0.39, 0.29) is 12.5 Å². The lowest BCUT2D eigenvalue weighted by molar-refractivity contribution is -0.117. The van der Waals surface area contributed by atoms with Gasteiger partial charge in [0, 0.05) is 42.8 Å². The zero-order valence-electron chi connectivity index (χ0n) is 19.0. The lowest BCUT2D eigenvalue weighted by atomic mass is 10.0. The molecule has 0 unspecified atom stereocenters. The standard InChI is InChI=1S/C26H29N3O3S/c1-3-32-26(31)24-21(20-10-5-4-6-11-20)18-33-25(24)27-23(30)17-28-13-15-29(16-14-28)22-12-8-7-9-19(22)2/h4-12,18H,3,13-17H2,1-2H3,(H,27,30). The first-order valence-corrected chi connectivity index (χ1v) is 12.1. The molecule has 2 heterocycles. The number of rotatable bonds is 7. The number of amides is 1. The molecule has 0 radical (unpaired) electrons. The number of carbonyl (C=O) groups excluding carboxylic acids is 2. The number of thiophene rings is 1. The minimum Gasteiger partial charge on any atom is -0.462 e. The van der Waals surface area contributed by atoms with Crippen molar-refractivity contribution in [1.82, 2.24) is 4.90 Å². The highest BCUT2D eigenvalue weighted by molar-refractivity contribution is 7.15. The molecule has 0 bridgehead atoms. The molecule has 33 heavy (non-hydrogen) atoms. The van der Waals surface area contributed by atoms with Crippen molar-refractivity contribution in [1.29, 1.82) is 0 Å². The van der Waals surface area contributed by atoms with E-state index in [2.05, 4.69) is 46.3 Å². The van der Waals surface area contributed by atoms with Gasteiger partial charge in [0.2, 0.25) is 5.91 Å². The van der Waals surface area contributed by atoms with Crippen molar-refractivity contribution in [3.8, 4) is 11.1 Å². The molecule has 2 aromatic carbocycles. The summed E-state index contributed by atoms with van der Waals surface area (Å²) < 4.78 is 5.28. The van der Waals surface area contributed by atoms with Gasteiger partial charge in [0.25, 0.3) is 0 Å². The van der Waals surface area contributed by atoms with Crippen molar-refractivity contribution in [2.24, 2.45) is 0 Å². The Morgan fingerprint density at radius 2 is 1.70 bits per heavy atom. The summed E-state index contributed by atoms with van der Waals surface area (Å²) in [7, 11) is 0. The Morgan fingerprint density at radius 1 is 1.00 bits per heavy atom. The number of benzene rings is 2. The summed E-state index contributed by atoms with van der Waals surface area (Å²) in [4.78, 5) is 30.1. The zero-order valence-corrected chi connectivity index (χ0v) is 19.9. The molecule has 0 saturated carbocycles. The van der Waals surface area contributed by atoms with Crippen molar-refractivity contribution < 1.29 is 14.3 Å². The number of aryl methyl sites for hydroxylation is 1. The van der Waals surface area contributed by atoms with Crippen molar-refractivity contribution in [3.63, 3.8) is 0 Å². The molecular weight excluding hydrogens is 434 g/mol. The second-order valence-electron chi connectivity index (χ2n) is 8.04. The number of nitrogens with zero attached hydrogens (tertiary/aromatic N) is 2. The Balaban J connectivity index is 1.41. The Bertz CT molecular complexity index is 1100. The van der Waals surface area contributed by atoms with E-state index in [9.17, 15) is 9.59 Å². The summed E-state index contributed by atoms with van der Waals surface area (Å²) in [5.74, 6) is -0.536. The largest absolute Gasteiger partial charge is 0.462 e. The molecule has 0 spiro atoms. The highest BCUT2D eigenvalue weighted by atomic mass is 32.1. The first-order chi connectivity index (χ1) is 16.1. The van der Waals surface area contributed by atoms with Gasteiger partial charge in [0.15, 0.2) is 0 Å². The molecule has 0 aliphatic carbocycles. The highest BCUT2D eigenvalue weighted by Crippen LogP contribution is 2.36. The van der Waals surface area contributed by atoms with E-state index < -0.39 is 5.97 Å². The van der Waals surface area contributed by atoms with Crippen LogP contribution in [0.25, 0.3) is 11.1 Å². The molecule has 1 N–H and O–H groups in total. The molecule has 1 amide bonds. The maximum Gasteiger partial charge on any atom is 0.341 e. The van der Waals surface area contributed by atoms with Crippen LogP contribution < -0.4 is 10.2 Å². The predicted molar refractivity (Wildman–Crippen MR) is 134 cm³/mol. The summed E-state index contributed by atoms with van der Waals surface area (Å²) in [5, 5.41) is 5.40. The van der Waals surface area contributed by atoms with E-state index in [0.717, 1.165) is 37.3 Å². The fourth-order valence-electron chi connectivity index (χ4n) is 4.12. The van der Waals surface area contributed by atoms with Gasteiger partial charge < -0.3 is 15.0 Å². The SMILES string of the molecule is CCOC(=O)c1c(-c2ccccc2)csc1NC(=O)CN1CCN(c2ccccc2C)CC1. The molecule has 7 heteroatoms. The topological polar surface area (TPSA) is 61.9 Å². The maximum atomic E-state index is 12.9. The van der Waals surface area contributed by atoms with E-state index in [1.54, 1.807) is 6.92 Å². The monoisotopic (exact) mass is 463 g/mol. The Labute approximate surface area is 198 Å².